The molecule has 0 amide bonds. The third-order valence-corrected chi connectivity index (χ3v) is 12.5. The third kappa shape index (κ3) is 3.44. The standard InChI is InChI=1S/C36H44N2O4/c1-3-5-8-26-36-15-11-22(23(31(36)34(40)41-26)17-20-12-16-38-27(37)18-20)24-19-21-9-10-25(35(4-2)13-6-7-14-35)32-28(21)29(30(24)36)33(39)42-32/h8,12,18,21-22,24,30,38H,3-7,9-11,13-17,19,37H2,1-2H3/b26-8-/t21-,22-,24+,30-,36+/m1/s1. The lowest BCUT2D eigenvalue weighted by Gasteiger charge is -2.57. The number of cyclic esters (lactones) is 1. The van der Waals surface area contributed by atoms with Crippen LogP contribution in [-0.4, -0.2) is 18.5 Å². The number of carbonyl (C=O) groups is 2. The van der Waals surface area contributed by atoms with Gasteiger partial charge in [-0.15, -0.1) is 0 Å². The molecule has 6 aliphatic carbocycles. The Bertz CT molecular complexity index is 1460. The molecule has 0 aromatic rings. The fourth-order valence-electron chi connectivity index (χ4n) is 10.8. The number of fused-ring (bicyclic) bond motifs is 1. The summed E-state index contributed by atoms with van der Waals surface area (Å²) in [7, 11) is 0. The van der Waals surface area contributed by atoms with Gasteiger partial charge in [0.05, 0.1) is 16.8 Å². The first kappa shape index (κ1) is 26.6. The van der Waals surface area contributed by atoms with Gasteiger partial charge in [-0.25, -0.2) is 9.59 Å². The van der Waals surface area contributed by atoms with Crippen LogP contribution in [0.15, 0.2) is 69.0 Å². The van der Waals surface area contributed by atoms with E-state index in [1.54, 1.807) is 0 Å². The Morgan fingerprint density at radius 1 is 1.07 bits per heavy atom. The van der Waals surface area contributed by atoms with E-state index in [1.807, 2.05) is 6.08 Å². The van der Waals surface area contributed by atoms with Crippen LogP contribution in [0.2, 0.25) is 0 Å². The number of nitrogens with two attached hydrogens (primary N) is 1. The first-order valence-electron chi connectivity index (χ1n) is 16.7. The van der Waals surface area contributed by atoms with Gasteiger partial charge in [0.2, 0.25) is 0 Å². The van der Waals surface area contributed by atoms with Crippen LogP contribution in [0.3, 0.4) is 0 Å². The maximum absolute atomic E-state index is 14.1. The number of ether oxygens (including phenoxy) is 2. The summed E-state index contributed by atoms with van der Waals surface area (Å²) in [6, 6.07) is 0. The highest BCUT2D eigenvalue weighted by molar-refractivity contribution is 6.00. The summed E-state index contributed by atoms with van der Waals surface area (Å²) in [5.41, 5.74) is 12.6. The summed E-state index contributed by atoms with van der Waals surface area (Å²) < 4.78 is 12.6. The van der Waals surface area contributed by atoms with Gasteiger partial charge in [-0.05, 0) is 111 Å². The molecule has 0 radical (unpaired) electrons. The molecule has 3 heterocycles. The summed E-state index contributed by atoms with van der Waals surface area (Å²) in [5, 5.41) is 3.18. The quantitative estimate of drug-likeness (QED) is 0.344. The lowest BCUT2D eigenvalue weighted by molar-refractivity contribution is -0.135. The highest BCUT2D eigenvalue weighted by Crippen LogP contribution is 2.72. The maximum Gasteiger partial charge on any atom is 0.340 e. The SMILES string of the molecule is CCC/C=C1\OC(=O)C2=C(CC3=CCNC(N)=C3)[C@H]3CC[C@]21[C@H]1C2=C4C(=C(C5(CC)CCCC5)CC[C@@H]4C[C@@H]31)OC2=O. The van der Waals surface area contributed by atoms with Gasteiger partial charge in [-0.3, -0.25) is 0 Å². The van der Waals surface area contributed by atoms with E-state index in [-0.39, 0.29) is 29.2 Å². The predicted octanol–water partition coefficient (Wildman–Crippen LogP) is 6.78. The van der Waals surface area contributed by atoms with Crippen LogP contribution < -0.4 is 11.1 Å². The van der Waals surface area contributed by atoms with Gasteiger partial charge in [0.25, 0.3) is 0 Å². The Balaban J connectivity index is 1.32. The van der Waals surface area contributed by atoms with Crippen LogP contribution >= 0.6 is 0 Å². The van der Waals surface area contributed by atoms with Crippen molar-refractivity contribution in [3.63, 3.8) is 0 Å². The highest BCUT2D eigenvalue weighted by Gasteiger charge is 2.69. The molecule has 0 aromatic carbocycles. The van der Waals surface area contributed by atoms with Gasteiger partial charge in [-0.1, -0.05) is 44.8 Å². The van der Waals surface area contributed by atoms with E-state index in [2.05, 4.69) is 31.3 Å². The van der Waals surface area contributed by atoms with E-state index in [1.165, 1.54) is 42.4 Å². The minimum atomic E-state index is -0.571. The van der Waals surface area contributed by atoms with Gasteiger partial charge in [0.15, 0.2) is 0 Å². The van der Waals surface area contributed by atoms with Gasteiger partial charge in [-0.2, -0.15) is 0 Å². The van der Waals surface area contributed by atoms with Gasteiger partial charge in [0, 0.05) is 23.6 Å². The van der Waals surface area contributed by atoms with Crippen molar-refractivity contribution in [1.29, 1.82) is 0 Å². The van der Waals surface area contributed by atoms with Crippen LogP contribution in [0, 0.1) is 34.5 Å². The van der Waals surface area contributed by atoms with E-state index < -0.39 is 5.41 Å². The molecule has 2 bridgehead atoms. The van der Waals surface area contributed by atoms with E-state index >= 15 is 0 Å². The summed E-state index contributed by atoms with van der Waals surface area (Å²) in [6.07, 6.45) is 20.1. The molecule has 6 nitrogen and oxygen atoms in total. The number of hydrogen-bond donors (Lipinski definition) is 2. The molecule has 0 aromatic heterocycles. The fraction of sp³-hybridized carbons (Fsp3) is 0.611. The smallest absolute Gasteiger partial charge is 0.340 e. The monoisotopic (exact) mass is 568 g/mol. The van der Waals surface area contributed by atoms with E-state index in [0.29, 0.717) is 24.2 Å². The Hall–Kier alpha value is -3.02. The largest absolute Gasteiger partial charge is 0.427 e. The van der Waals surface area contributed by atoms with Crippen molar-refractivity contribution >= 4 is 11.9 Å². The van der Waals surface area contributed by atoms with E-state index in [9.17, 15) is 9.59 Å². The summed E-state index contributed by atoms with van der Waals surface area (Å²) >= 11 is 0. The second-order valence-electron chi connectivity index (χ2n) is 14.2. The average molecular weight is 569 g/mol. The number of carbonyl (C=O) groups excluding carboxylic acids is 2. The first-order chi connectivity index (χ1) is 20.4. The van der Waals surface area contributed by atoms with Crippen LogP contribution in [0.25, 0.3) is 0 Å². The van der Waals surface area contributed by atoms with Crippen molar-refractivity contribution in [2.75, 3.05) is 6.54 Å². The first-order valence-corrected chi connectivity index (χ1v) is 16.7. The summed E-state index contributed by atoms with van der Waals surface area (Å²) in [5.74, 6) is 2.97. The second kappa shape index (κ2) is 9.49. The molecule has 1 spiro atoms. The molecule has 222 valence electrons. The fourth-order valence-corrected chi connectivity index (χ4v) is 10.8. The number of allylic oxidation sites excluding steroid dienone is 7. The zero-order chi connectivity index (χ0) is 28.8. The molecule has 2 saturated carbocycles. The zero-order valence-electron chi connectivity index (χ0n) is 25.2. The zero-order valence-corrected chi connectivity index (χ0v) is 25.2. The predicted molar refractivity (Wildman–Crippen MR) is 160 cm³/mol. The topological polar surface area (TPSA) is 90.7 Å². The second-order valence-corrected chi connectivity index (χ2v) is 14.2. The third-order valence-electron chi connectivity index (χ3n) is 12.5. The molecule has 42 heavy (non-hydrogen) atoms. The van der Waals surface area contributed by atoms with Crippen molar-refractivity contribution < 1.29 is 19.1 Å². The van der Waals surface area contributed by atoms with Crippen molar-refractivity contribution in [1.82, 2.24) is 5.32 Å². The number of hydrogen-bond acceptors (Lipinski definition) is 6. The van der Waals surface area contributed by atoms with Crippen molar-refractivity contribution in [2.24, 2.45) is 40.2 Å². The molecular formula is C36H44N2O4. The van der Waals surface area contributed by atoms with E-state index in [4.69, 9.17) is 15.2 Å². The average Bonchev–Trinajstić information content (AvgIpc) is 3.69. The normalized spacial score (nSPS) is 36.9. The summed E-state index contributed by atoms with van der Waals surface area (Å²) in [4.78, 5) is 28.0. The molecule has 9 rings (SSSR count). The number of unbranched alkanes of at least 4 members (excludes halogenated alkanes) is 1. The number of rotatable bonds is 6. The molecule has 0 unspecified atom stereocenters. The van der Waals surface area contributed by atoms with Gasteiger partial charge >= 0.3 is 11.9 Å². The van der Waals surface area contributed by atoms with Crippen molar-refractivity contribution in [2.45, 2.75) is 97.3 Å². The molecule has 9 aliphatic rings. The number of dihydropyridines is 1. The van der Waals surface area contributed by atoms with Crippen molar-refractivity contribution in [3.05, 3.63) is 69.0 Å². The van der Waals surface area contributed by atoms with Crippen LogP contribution in [0.4, 0.5) is 0 Å². The van der Waals surface area contributed by atoms with E-state index in [0.717, 1.165) is 86.0 Å². The highest BCUT2D eigenvalue weighted by atomic mass is 16.6. The Kier molecular flexibility index (Phi) is 6.01. The molecule has 1 saturated heterocycles. The van der Waals surface area contributed by atoms with Gasteiger partial charge < -0.3 is 20.5 Å². The maximum atomic E-state index is 14.1. The number of nitrogens with one attached hydrogen (secondary N) is 1. The van der Waals surface area contributed by atoms with Crippen LogP contribution in [-0.2, 0) is 19.1 Å². The molecule has 3 fully saturated rings. The number of esters is 2. The summed E-state index contributed by atoms with van der Waals surface area (Å²) in [6.45, 7) is 5.18. The Morgan fingerprint density at radius 3 is 2.67 bits per heavy atom. The lowest BCUT2D eigenvalue weighted by Crippen LogP contribution is -2.53. The Labute approximate surface area is 249 Å². The molecule has 5 atom stereocenters. The van der Waals surface area contributed by atoms with Crippen molar-refractivity contribution in [3.8, 4) is 0 Å². The van der Waals surface area contributed by atoms with Crippen LogP contribution in [0.5, 0.6) is 0 Å². The molecule has 3 aliphatic heterocycles. The Morgan fingerprint density at radius 2 is 1.90 bits per heavy atom. The lowest BCUT2D eigenvalue weighted by atomic mass is 9.43. The molecule has 3 N–H and O–H groups in total. The minimum Gasteiger partial charge on any atom is -0.427 e. The molecular weight excluding hydrogens is 524 g/mol. The van der Waals surface area contributed by atoms with Gasteiger partial charge in [0.1, 0.15) is 11.5 Å². The molecule has 6 heteroatoms. The van der Waals surface area contributed by atoms with Crippen LogP contribution in [0.1, 0.15) is 97.3 Å². The minimum absolute atomic E-state index is 0.0519.